The Hall–Kier alpha value is -1.84. The molecule has 2 aromatic carbocycles. The third kappa shape index (κ3) is 2.74. The predicted molar refractivity (Wildman–Crippen MR) is 91.0 cm³/mol. The van der Waals surface area contributed by atoms with Crippen molar-refractivity contribution in [2.24, 2.45) is 0 Å². The fraction of sp³-hybridized carbons (Fsp3) is 0.176. The van der Waals surface area contributed by atoms with Crippen molar-refractivity contribution in [1.29, 1.82) is 0 Å². The zero-order valence-corrected chi connectivity index (χ0v) is 13.7. The van der Waals surface area contributed by atoms with E-state index < -0.39 is 0 Å². The second kappa shape index (κ2) is 5.75. The van der Waals surface area contributed by atoms with Crippen LogP contribution in [0.4, 0.5) is 0 Å². The largest absolute Gasteiger partial charge is 0.294 e. The van der Waals surface area contributed by atoms with Gasteiger partial charge in [-0.25, -0.2) is 4.98 Å². The van der Waals surface area contributed by atoms with E-state index in [9.17, 15) is 4.79 Å². The quantitative estimate of drug-likeness (QED) is 0.698. The van der Waals surface area contributed by atoms with Gasteiger partial charge in [-0.3, -0.25) is 9.36 Å². The van der Waals surface area contributed by atoms with Crippen molar-refractivity contribution in [3.05, 3.63) is 73.7 Å². The Kier molecular flexibility index (Phi) is 3.94. The second-order valence-corrected chi connectivity index (χ2v) is 6.23. The minimum atomic E-state index is -0.143. The smallest absolute Gasteiger partial charge is 0.261 e. The van der Waals surface area contributed by atoms with Crippen LogP contribution in [0.25, 0.3) is 10.9 Å². The molecule has 3 nitrogen and oxygen atoms in total. The van der Waals surface area contributed by atoms with Gasteiger partial charge in [0.25, 0.3) is 5.56 Å². The first-order chi connectivity index (χ1) is 10.5. The predicted octanol–water partition coefficient (Wildman–Crippen LogP) is 4.37. The van der Waals surface area contributed by atoms with Gasteiger partial charge in [-0.1, -0.05) is 47.0 Å². The number of hydrogen-bond donors (Lipinski definition) is 0. The zero-order chi connectivity index (χ0) is 15.9. The fourth-order valence-electron chi connectivity index (χ4n) is 2.46. The topological polar surface area (TPSA) is 34.9 Å². The number of aryl methyl sites for hydroxylation is 2. The number of hydrogen-bond acceptors (Lipinski definition) is 2. The SMILES string of the molecule is Cc1ccc(C)c(Cn2cnc3c(Cl)cc(Cl)cc3c2=O)c1. The molecule has 0 bridgehead atoms. The van der Waals surface area contributed by atoms with Crippen LogP contribution < -0.4 is 5.56 Å². The van der Waals surface area contributed by atoms with Crippen LogP contribution in [0.5, 0.6) is 0 Å². The molecule has 0 aliphatic carbocycles. The third-order valence-corrected chi connectivity index (χ3v) is 4.20. The maximum absolute atomic E-state index is 12.6. The molecule has 0 spiro atoms. The highest BCUT2D eigenvalue weighted by molar-refractivity contribution is 6.38. The zero-order valence-electron chi connectivity index (χ0n) is 12.2. The Morgan fingerprint density at radius 1 is 1.14 bits per heavy atom. The lowest BCUT2D eigenvalue weighted by Crippen LogP contribution is -2.21. The van der Waals surface area contributed by atoms with E-state index in [1.165, 1.54) is 6.33 Å². The molecule has 5 heteroatoms. The average Bonchev–Trinajstić information content (AvgIpc) is 2.46. The lowest BCUT2D eigenvalue weighted by molar-refractivity contribution is 0.744. The average molecular weight is 333 g/mol. The van der Waals surface area contributed by atoms with Gasteiger partial charge in [0.05, 0.1) is 28.8 Å². The van der Waals surface area contributed by atoms with E-state index in [4.69, 9.17) is 23.2 Å². The van der Waals surface area contributed by atoms with Crippen molar-refractivity contribution >= 4 is 34.1 Å². The molecule has 22 heavy (non-hydrogen) atoms. The molecule has 3 aromatic rings. The summed E-state index contributed by atoms with van der Waals surface area (Å²) in [4.78, 5) is 16.9. The molecule has 1 aromatic heterocycles. The molecule has 112 valence electrons. The number of benzene rings is 2. The van der Waals surface area contributed by atoms with Gasteiger partial charge in [0, 0.05) is 5.02 Å². The van der Waals surface area contributed by atoms with Gasteiger partial charge >= 0.3 is 0 Å². The minimum absolute atomic E-state index is 0.143. The first-order valence-electron chi connectivity index (χ1n) is 6.86. The molecule has 0 aliphatic heterocycles. The Balaban J connectivity index is 2.14. The molecule has 0 aliphatic rings. The summed E-state index contributed by atoms with van der Waals surface area (Å²) in [5.41, 5.74) is 3.73. The first-order valence-corrected chi connectivity index (χ1v) is 7.61. The molecule has 0 radical (unpaired) electrons. The summed E-state index contributed by atoms with van der Waals surface area (Å²) in [5.74, 6) is 0. The van der Waals surface area contributed by atoms with Crippen molar-refractivity contribution < 1.29 is 0 Å². The molecule has 1 heterocycles. The molecule has 0 saturated heterocycles. The van der Waals surface area contributed by atoms with Crippen molar-refractivity contribution in [3.63, 3.8) is 0 Å². The molecule has 0 N–H and O–H groups in total. The van der Waals surface area contributed by atoms with Crippen LogP contribution in [0.15, 0.2) is 41.5 Å². The molecular weight excluding hydrogens is 319 g/mol. The molecule has 0 fully saturated rings. The third-order valence-electron chi connectivity index (χ3n) is 3.69. The van der Waals surface area contributed by atoms with Crippen LogP contribution in [-0.4, -0.2) is 9.55 Å². The van der Waals surface area contributed by atoms with E-state index in [2.05, 4.69) is 23.2 Å². The summed E-state index contributed by atoms with van der Waals surface area (Å²) in [6.45, 7) is 4.53. The van der Waals surface area contributed by atoms with Crippen LogP contribution in [0, 0.1) is 13.8 Å². The van der Waals surface area contributed by atoms with Crippen LogP contribution in [0.3, 0.4) is 0 Å². The summed E-state index contributed by atoms with van der Waals surface area (Å²) >= 11 is 12.1. The van der Waals surface area contributed by atoms with Gasteiger partial charge in [-0.15, -0.1) is 0 Å². The van der Waals surface area contributed by atoms with Crippen LogP contribution in [-0.2, 0) is 6.54 Å². The lowest BCUT2D eigenvalue weighted by atomic mass is 10.1. The van der Waals surface area contributed by atoms with E-state index in [1.807, 2.05) is 13.8 Å². The van der Waals surface area contributed by atoms with Crippen molar-refractivity contribution in [3.8, 4) is 0 Å². The number of halogens is 2. The lowest BCUT2D eigenvalue weighted by Gasteiger charge is -2.10. The maximum atomic E-state index is 12.6. The first kappa shape index (κ1) is 15.1. The normalized spacial score (nSPS) is 11.1. The van der Waals surface area contributed by atoms with Crippen molar-refractivity contribution in [2.75, 3.05) is 0 Å². The highest BCUT2D eigenvalue weighted by Crippen LogP contribution is 2.24. The Morgan fingerprint density at radius 2 is 1.91 bits per heavy atom. The van der Waals surface area contributed by atoms with Gasteiger partial charge in [0.2, 0.25) is 0 Å². The van der Waals surface area contributed by atoms with Crippen LogP contribution in [0.1, 0.15) is 16.7 Å². The van der Waals surface area contributed by atoms with E-state index >= 15 is 0 Å². The Labute approximate surface area is 138 Å². The Morgan fingerprint density at radius 3 is 2.68 bits per heavy atom. The molecule has 0 unspecified atom stereocenters. The van der Waals surface area contributed by atoms with Gasteiger partial charge < -0.3 is 0 Å². The van der Waals surface area contributed by atoms with Crippen LogP contribution in [0.2, 0.25) is 10.0 Å². The van der Waals surface area contributed by atoms with E-state index in [-0.39, 0.29) is 5.56 Å². The standard InChI is InChI=1S/C17H14Cl2N2O/c1-10-3-4-11(2)12(5-10)8-21-9-20-16-14(17(21)22)6-13(18)7-15(16)19/h3-7,9H,8H2,1-2H3. The summed E-state index contributed by atoms with van der Waals surface area (Å²) < 4.78 is 1.58. The summed E-state index contributed by atoms with van der Waals surface area (Å²) in [6.07, 6.45) is 1.53. The number of rotatable bonds is 2. The number of nitrogens with zero attached hydrogens (tertiary/aromatic N) is 2. The molecular formula is C17H14Cl2N2O. The van der Waals surface area contributed by atoms with E-state index in [1.54, 1.807) is 16.7 Å². The molecule has 0 saturated carbocycles. The van der Waals surface area contributed by atoms with Gasteiger partial charge in [0.15, 0.2) is 0 Å². The molecule has 0 atom stereocenters. The number of aromatic nitrogens is 2. The highest BCUT2D eigenvalue weighted by Gasteiger charge is 2.10. The van der Waals surface area contributed by atoms with Crippen molar-refractivity contribution in [1.82, 2.24) is 9.55 Å². The highest BCUT2D eigenvalue weighted by atomic mass is 35.5. The van der Waals surface area contributed by atoms with Gasteiger partial charge in [-0.2, -0.15) is 0 Å². The number of fused-ring (bicyclic) bond motifs is 1. The minimum Gasteiger partial charge on any atom is -0.294 e. The van der Waals surface area contributed by atoms with Crippen molar-refractivity contribution in [2.45, 2.75) is 20.4 Å². The monoisotopic (exact) mass is 332 g/mol. The maximum Gasteiger partial charge on any atom is 0.261 e. The van der Waals surface area contributed by atoms with Gasteiger partial charge in [0.1, 0.15) is 0 Å². The van der Waals surface area contributed by atoms with Gasteiger partial charge in [-0.05, 0) is 37.1 Å². The Bertz CT molecular complexity index is 932. The molecule has 3 rings (SSSR count). The fourth-order valence-corrected chi connectivity index (χ4v) is 3.00. The van der Waals surface area contributed by atoms with E-state index in [0.717, 1.165) is 16.7 Å². The summed E-state index contributed by atoms with van der Waals surface area (Å²) in [5, 5.41) is 1.25. The van der Waals surface area contributed by atoms with Crippen LogP contribution >= 0.6 is 23.2 Å². The second-order valence-electron chi connectivity index (χ2n) is 5.39. The summed E-state index contributed by atoms with van der Waals surface area (Å²) in [6, 6.07) is 9.39. The van der Waals surface area contributed by atoms with E-state index in [0.29, 0.717) is 27.5 Å². The summed E-state index contributed by atoms with van der Waals surface area (Å²) in [7, 11) is 0. The molecule has 0 amide bonds.